The highest BCUT2D eigenvalue weighted by Gasteiger charge is 2.43. The molecule has 0 spiro atoms. The van der Waals surface area contributed by atoms with Crippen LogP contribution in [0, 0.1) is 54.6 Å². The van der Waals surface area contributed by atoms with Crippen LogP contribution >= 0.6 is 0 Å². The van der Waals surface area contributed by atoms with Gasteiger partial charge in [0.25, 0.3) is 0 Å². The molecule has 852 valence electrons. The lowest BCUT2D eigenvalue weighted by atomic mass is 10.0. The number of carbonyl (C=O) groups excluding carboxylic acids is 14. The number of rotatable bonds is 81. The normalized spacial score (nSPS) is 14.7. The van der Waals surface area contributed by atoms with Gasteiger partial charge in [0.15, 0.2) is 53.6 Å². The molecule has 62 heteroatoms. The van der Waals surface area contributed by atoms with Gasteiger partial charge in [-0.05, 0) is 238 Å². The summed E-state index contributed by atoms with van der Waals surface area (Å²) in [5.41, 5.74) is 79.9. The Kier molecular flexibility index (Phi) is 68.2. The number of guanidine groups is 9. The Hall–Kier alpha value is -14.7. The summed E-state index contributed by atoms with van der Waals surface area (Å²) in [5, 5.41) is 138. The first-order chi connectivity index (χ1) is 71.1. The Morgan fingerprint density at radius 1 is 0.253 bits per heavy atom. The van der Waals surface area contributed by atoms with E-state index in [4.69, 9.17) is 129 Å². The van der Waals surface area contributed by atoms with Crippen LogP contribution in [-0.2, 0) is 71.9 Å². The maximum Gasteiger partial charge on any atom is 0.326 e. The van der Waals surface area contributed by atoms with E-state index in [1.807, 2.05) is 0 Å². The molecule has 0 unspecified atom stereocenters. The summed E-state index contributed by atoms with van der Waals surface area (Å²) in [6.07, 6.45) is 1.04. The number of unbranched alkanes of at least 4 members (excludes halogenated alkanes) is 4. The van der Waals surface area contributed by atoms with Crippen LogP contribution in [-0.4, -0.2) is 335 Å². The average Bonchev–Trinajstić information content (AvgIpc) is 1.60. The lowest BCUT2D eigenvalue weighted by molar-refractivity contribution is -0.143. The fourth-order valence-corrected chi connectivity index (χ4v) is 15.5. The van der Waals surface area contributed by atoms with Crippen LogP contribution in [0.15, 0.2) is 0 Å². The Balaban J connectivity index is 4.19. The lowest BCUT2D eigenvalue weighted by Gasteiger charge is -2.31. The number of carboxylic acid groups (broad SMARTS) is 1. The molecule has 0 radical (unpaired) electrons. The number of nitrogens with zero attached hydrogens (tertiary/aromatic N) is 1. The molecule has 62 nitrogen and oxygen atoms in total. The summed E-state index contributed by atoms with van der Waals surface area (Å²) in [6.45, 7) is 3.95. The lowest BCUT2D eigenvalue weighted by Crippen LogP contribution is -2.61. The van der Waals surface area contributed by atoms with Crippen LogP contribution in [0.5, 0.6) is 0 Å². The highest BCUT2D eigenvalue weighted by molar-refractivity contribution is 6.01. The molecule has 1 aliphatic heterocycles. The van der Waals surface area contributed by atoms with Crippen LogP contribution in [0.4, 0.5) is 0 Å². The standard InChI is InChI=1S/C88H174N46O16/c1-49(2)64(93)77(147)131-52(23-5-9-37-91)66(136)123-53(25-11-39-112-80(94)95)67(137)121-50(21-3-7-35-89)65(135)122-51(22-4-8-36-90)74(144)132-61(24-6-10-38-92)78(148)134-48-20-34-63(134)76(146)130-60(32-18-46-119-87(108)109)73(143)128-58(30-16-44-117-85(104)105)71(141)126-56(28-14-42-115-83(100)101)69(139)124-54(26-12-40-113-81(96)97)68(138)125-55(27-13-41-114-82(98)99)70(140)127-57(29-15-43-116-84(102)103)72(142)129-59(31-17-45-118-86(106)107)75(145)133-62(79(149)150)33-19-47-120-88(110)111/h49-64H,3-48,89-93H2,1-2H3,(H,121,137)(H,122,135)(H,123,136)(H,124,139)(H,125,138)(H,126,141)(H,127,140)(H,128,143)(H,129,142)(H,130,146)(H,131,147)(H,132,144)(H,133,145)(H,149,150)(H4,94,95,112)(H4,96,97,113)(H4,98,99,114)(H4,100,101,115)(H4,102,103,116)(H4,104,105,117)(H4,106,107,118)(H4,108,109,119)(H4,110,111,120)/t50-,51-,52-,53-,54-,55-,56-,57-,58-,59-,60-,61-,62-,63-,64-/m0/s1. The Morgan fingerprint density at radius 2 is 0.420 bits per heavy atom. The van der Waals surface area contributed by atoms with E-state index in [1.54, 1.807) is 13.8 Å². The van der Waals surface area contributed by atoms with Crippen molar-refractivity contribution >= 4 is 142 Å². The van der Waals surface area contributed by atoms with Gasteiger partial charge >= 0.3 is 5.97 Å². The van der Waals surface area contributed by atoms with Crippen molar-refractivity contribution in [3.05, 3.63) is 0 Å². The average molecular weight is 2130 g/mol. The molecule has 0 aromatic heterocycles. The monoisotopic (exact) mass is 2130 g/mol. The molecule has 0 aromatic carbocycles. The van der Waals surface area contributed by atoms with E-state index in [1.165, 1.54) is 4.90 Å². The van der Waals surface area contributed by atoms with Crippen LogP contribution in [0.25, 0.3) is 0 Å². The van der Waals surface area contributed by atoms with Crippen molar-refractivity contribution in [3.8, 4) is 0 Å². The van der Waals surface area contributed by atoms with Gasteiger partial charge in [0.1, 0.15) is 84.6 Å². The maximum absolute atomic E-state index is 15.3. The number of aliphatic carboxylic acids is 1. The SMILES string of the molecule is CC(C)[C@H](N)C(=O)N[C@@H](CCCCN)C(=O)N[C@@H](CCCNC(=N)N)C(=O)N[C@@H](CCCCN)C(=O)N[C@@H](CCCCN)C(=O)N[C@@H](CCCCN)C(=O)N1CCC[C@H]1C(=O)N[C@@H](CCCNC(=N)N)C(=O)N[C@@H](CCCNC(=N)N)C(=O)N[C@@H](CCCNC(=N)N)C(=O)N[C@@H](CCCNC(=N)N)C(=O)N[C@@H](CCCNC(=N)N)C(=O)N[C@@H](CCCNC(=N)N)C(=O)N[C@@H](CCCNC(=N)N)C(=O)N[C@@H](CCCNC(=N)N)C(=O)O. The summed E-state index contributed by atoms with van der Waals surface area (Å²) in [7, 11) is 0. The largest absolute Gasteiger partial charge is 0.480 e. The van der Waals surface area contributed by atoms with Crippen molar-refractivity contribution < 1.29 is 77.0 Å². The number of hydrogen-bond acceptors (Lipinski definition) is 29. The molecule has 0 aromatic rings. The van der Waals surface area contributed by atoms with Crippen LogP contribution in [0.3, 0.4) is 0 Å². The van der Waals surface area contributed by atoms with Gasteiger partial charge in [0.05, 0.1) is 6.04 Å². The first kappa shape index (κ1) is 133. The van der Waals surface area contributed by atoms with Gasteiger partial charge in [0, 0.05) is 65.4 Å². The van der Waals surface area contributed by atoms with Gasteiger partial charge in [-0.3, -0.25) is 116 Å². The van der Waals surface area contributed by atoms with Crippen molar-refractivity contribution in [2.45, 2.75) is 310 Å². The predicted molar refractivity (Wildman–Crippen MR) is 564 cm³/mol. The van der Waals surface area contributed by atoms with Gasteiger partial charge < -0.3 is 207 Å². The Bertz CT molecular complexity index is 4330. The highest BCUT2D eigenvalue weighted by Crippen LogP contribution is 2.23. The van der Waals surface area contributed by atoms with Crippen molar-refractivity contribution in [1.29, 1.82) is 48.7 Å². The van der Waals surface area contributed by atoms with Gasteiger partial charge in [-0.25, -0.2) is 4.79 Å². The number of amides is 14. The Labute approximate surface area is 873 Å². The molecule has 60 N–H and O–H groups in total. The number of hydrogen-bond donors (Lipinski definition) is 46. The first-order valence-corrected chi connectivity index (χ1v) is 50.9. The molecule has 1 aliphatic rings. The summed E-state index contributed by atoms with van der Waals surface area (Å²) < 4.78 is 0. The number of likely N-dealkylation sites (tertiary alicyclic amines) is 1. The number of carboxylic acids is 1. The fourth-order valence-electron chi connectivity index (χ4n) is 15.5. The zero-order valence-electron chi connectivity index (χ0n) is 86.4. The van der Waals surface area contributed by atoms with Gasteiger partial charge in [-0.1, -0.05) is 13.8 Å². The van der Waals surface area contributed by atoms with Crippen LogP contribution in [0.2, 0.25) is 0 Å². The molecule has 150 heavy (non-hydrogen) atoms. The summed E-state index contributed by atoms with van der Waals surface area (Å²) in [4.78, 5) is 221. The van der Waals surface area contributed by atoms with Crippen molar-refractivity contribution in [2.75, 3.05) is 91.6 Å². The molecule has 0 bridgehead atoms. The summed E-state index contributed by atoms with van der Waals surface area (Å²) >= 11 is 0. The van der Waals surface area contributed by atoms with E-state index in [0.717, 1.165) is 0 Å². The minimum Gasteiger partial charge on any atom is -0.480 e. The van der Waals surface area contributed by atoms with E-state index in [9.17, 15) is 43.5 Å². The smallest absolute Gasteiger partial charge is 0.326 e. The van der Waals surface area contributed by atoms with Crippen molar-refractivity contribution in [2.24, 2.45) is 86.2 Å². The topological polar surface area (TPSA) is 1120 Å². The molecule has 0 aliphatic carbocycles. The zero-order chi connectivity index (χ0) is 113. The second kappa shape index (κ2) is 76.8. The van der Waals surface area contributed by atoms with Crippen LogP contribution < -0.4 is 197 Å². The first-order valence-electron chi connectivity index (χ1n) is 50.9. The van der Waals surface area contributed by atoms with Gasteiger partial charge in [0.2, 0.25) is 82.7 Å². The number of nitrogens with two attached hydrogens (primary N) is 14. The zero-order valence-corrected chi connectivity index (χ0v) is 86.4. The molecule has 1 saturated heterocycles. The maximum atomic E-state index is 15.3. The highest BCUT2D eigenvalue weighted by atomic mass is 16.4. The van der Waals surface area contributed by atoms with Crippen molar-refractivity contribution in [1.82, 2.24) is 122 Å². The predicted octanol–water partition coefficient (Wildman–Crippen LogP) is -12.8. The third-order valence-corrected chi connectivity index (χ3v) is 23.7. The number of nitrogens with one attached hydrogen (secondary N) is 31. The quantitative estimate of drug-likeness (QED) is 0.0153. The third kappa shape index (κ3) is 59.3. The molecule has 15 atom stereocenters. The Morgan fingerprint density at radius 3 is 0.607 bits per heavy atom. The third-order valence-electron chi connectivity index (χ3n) is 23.7. The van der Waals surface area contributed by atoms with Crippen LogP contribution in [0.1, 0.15) is 219 Å². The minimum atomic E-state index is -1.67. The summed E-state index contributed by atoms with van der Waals surface area (Å²) in [6, 6.07) is -21.9. The van der Waals surface area contributed by atoms with E-state index in [0.29, 0.717) is 32.1 Å². The minimum absolute atomic E-state index is 0.000352. The molecular formula is C88H174N46O16. The summed E-state index contributed by atoms with van der Waals surface area (Å²) in [5.74, 6) is -18.5. The van der Waals surface area contributed by atoms with E-state index in [2.05, 4.69) is 117 Å². The van der Waals surface area contributed by atoms with Gasteiger partial charge in [-0.2, -0.15) is 0 Å². The molecule has 1 heterocycles. The van der Waals surface area contributed by atoms with E-state index < -0.39 is 221 Å². The second-order valence-electron chi connectivity index (χ2n) is 36.6. The fraction of sp³-hybridized carbons (Fsp3) is 0.727. The van der Waals surface area contributed by atoms with Gasteiger partial charge in [-0.15, -0.1) is 0 Å². The molecule has 14 amide bonds. The second-order valence-corrected chi connectivity index (χ2v) is 36.6. The van der Waals surface area contributed by atoms with E-state index in [-0.39, 0.29) is 283 Å². The molecule has 1 rings (SSSR count). The van der Waals surface area contributed by atoms with E-state index >= 15 is 33.6 Å². The molecule has 1 fully saturated rings. The number of carbonyl (C=O) groups is 15. The molecular weight excluding hydrogens is 1960 g/mol. The molecule has 0 saturated carbocycles. The van der Waals surface area contributed by atoms with Crippen molar-refractivity contribution in [3.63, 3.8) is 0 Å².